The Bertz CT molecular complexity index is 473. The highest BCUT2D eigenvalue weighted by atomic mass is 16.5. The number of aromatic nitrogens is 1. The summed E-state index contributed by atoms with van der Waals surface area (Å²) in [6.45, 7) is 1.83. The molecule has 0 amide bonds. The zero-order valence-electron chi connectivity index (χ0n) is 9.64. The molecule has 0 atom stereocenters. The molecular formula is C12H13N3O2. The normalized spacial score (nSPS) is 14.5. The zero-order chi connectivity index (χ0) is 12.3. The summed E-state index contributed by atoms with van der Waals surface area (Å²) in [4.78, 5) is 17.8. The molecule has 5 nitrogen and oxygen atoms in total. The molecule has 1 aliphatic rings. The van der Waals surface area contributed by atoms with Crippen LogP contribution in [0.15, 0.2) is 12.3 Å². The number of esters is 1. The number of rotatable bonds is 2. The number of anilines is 1. The highest BCUT2D eigenvalue weighted by molar-refractivity contribution is 5.96. The Kier molecular flexibility index (Phi) is 3.24. The van der Waals surface area contributed by atoms with Crippen molar-refractivity contribution in [2.24, 2.45) is 0 Å². The number of nitrogens with zero attached hydrogens (tertiary/aromatic N) is 3. The van der Waals surface area contributed by atoms with Crippen molar-refractivity contribution < 1.29 is 9.53 Å². The van der Waals surface area contributed by atoms with Crippen LogP contribution in [0, 0.1) is 11.3 Å². The molecule has 0 N–H and O–H groups in total. The maximum atomic E-state index is 11.7. The topological polar surface area (TPSA) is 66.2 Å². The van der Waals surface area contributed by atoms with Crippen molar-refractivity contribution in [1.29, 1.82) is 5.26 Å². The summed E-state index contributed by atoms with van der Waals surface area (Å²) in [7, 11) is 1.34. The van der Waals surface area contributed by atoms with Gasteiger partial charge in [0.15, 0.2) is 0 Å². The minimum Gasteiger partial charge on any atom is -0.465 e. The predicted octanol–water partition coefficient (Wildman–Crippen LogP) is 1.34. The van der Waals surface area contributed by atoms with Crippen molar-refractivity contribution in [3.63, 3.8) is 0 Å². The molecule has 0 spiro atoms. The summed E-state index contributed by atoms with van der Waals surface area (Å²) in [5, 5.41) is 8.79. The number of carbonyl (C=O) groups is 1. The third-order valence-electron chi connectivity index (χ3n) is 2.85. The standard InChI is InChI=1S/C12H13N3O2/c1-17-12(16)10-6-9(7-13)14-8-11(10)15-4-2-3-5-15/h6,8H,2-5H2,1H3. The Morgan fingerprint density at radius 1 is 1.53 bits per heavy atom. The molecule has 0 aliphatic carbocycles. The Hall–Kier alpha value is -2.09. The molecule has 88 valence electrons. The average Bonchev–Trinajstić information content (AvgIpc) is 2.90. The van der Waals surface area contributed by atoms with Crippen molar-refractivity contribution in [3.05, 3.63) is 23.5 Å². The van der Waals surface area contributed by atoms with Gasteiger partial charge in [0.25, 0.3) is 0 Å². The van der Waals surface area contributed by atoms with Gasteiger partial charge in [-0.05, 0) is 18.9 Å². The largest absolute Gasteiger partial charge is 0.465 e. The second-order valence-corrected chi connectivity index (χ2v) is 3.88. The number of nitriles is 1. The van der Waals surface area contributed by atoms with E-state index in [0.717, 1.165) is 31.6 Å². The van der Waals surface area contributed by atoms with Crippen LogP contribution in [-0.2, 0) is 4.74 Å². The predicted molar refractivity (Wildman–Crippen MR) is 61.7 cm³/mol. The lowest BCUT2D eigenvalue weighted by atomic mass is 10.2. The molecule has 1 aromatic heterocycles. The molecule has 1 fully saturated rings. The Morgan fingerprint density at radius 3 is 2.82 bits per heavy atom. The van der Waals surface area contributed by atoms with E-state index in [-0.39, 0.29) is 5.69 Å². The van der Waals surface area contributed by atoms with Gasteiger partial charge < -0.3 is 9.64 Å². The summed E-state index contributed by atoms with van der Waals surface area (Å²) in [5.41, 5.74) is 1.41. The Labute approximate surface area is 99.6 Å². The first-order valence-corrected chi connectivity index (χ1v) is 5.49. The van der Waals surface area contributed by atoms with Crippen LogP contribution in [0.1, 0.15) is 28.9 Å². The highest BCUT2D eigenvalue weighted by Gasteiger charge is 2.21. The summed E-state index contributed by atoms with van der Waals surface area (Å²) >= 11 is 0. The number of methoxy groups -OCH3 is 1. The lowest BCUT2D eigenvalue weighted by Crippen LogP contribution is -2.21. The molecule has 1 saturated heterocycles. The third-order valence-corrected chi connectivity index (χ3v) is 2.85. The van der Waals surface area contributed by atoms with Gasteiger partial charge in [0.2, 0.25) is 0 Å². The molecule has 2 heterocycles. The first-order chi connectivity index (χ1) is 8.26. The van der Waals surface area contributed by atoms with Crippen LogP contribution in [0.4, 0.5) is 5.69 Å². The first-order valence-electron chi connectivity index (χ1n) is 5.49. The molecule has 0 radical (unpaired) electrons. The van der Waals surface area contributed by atoms with Gasteiger partial charge in [-0.2, -0.15) is 5.26 Å². The number of hydrogen-bond acceptors (Lipinski definition) is 5. The summed E-state index contributed by atoms with van der Waals surface area (Å²) < 4.78 is 4.73. The second-order valence-electron chi connectivity index (χ2n) is 3.88. The second kappa shape index (κ2) is 4.83. The molecule has 0 saturated carbocycles. The molecule has 0 unspecified atom stereocenters. The van der Waals surface area contributed by atoms with E-state index in [9.17, 15) is 4.79 Å². The number of ether oxygens (including phenoxy) is 1. The van der Waals surface area contributed by atoms with Crippen molar-refractivity contribution in [2.45, 2.75) is 12.8 Å². The molecule has 1 aliphatic heterocycles. The summed E-state index contributed by atoms with van der Waals surface area (Å²) in [6.07, 6.45) is 3.80. The van der Waals surface area contributed by atoms with Gasteiger partial charge in [-0.25, -0.2) is 9.78 Å². The summed E-state index contributed by atoms with van der Waals surface area (Å²) in [5.74, 6) is -0.425. The number of hydrogen-bond donors (Lipinski definition) is 0. The van der Waals surface area contributed by atoms with E-state index in [1.807, 2.05) is 6.07 Å². The lowest BCUT2D eigenvalue weighted by molar-refractivity contribution is 0.0601. The number of pyridine rings is 1. The molecule has 2 rings (SSSR count). The average molecular weight is 231 g/mol. The third kappa shape index (κ3) is 2.21. The quantitative estimate of drug-likeness (QED) is 0.718. The van der Waals surface area contributed by atoms with Crippen LogP contribution in [0.5, 0.6) is 0 Å². The maximum Gasteiger partial charge on any atom is 0.340 e. The van der Waals surface area contributed by atoms with Crippen LogP contribution in [-0.4, -0.2) is 31.2 Å². The van der Waals surface area contributed by atoms with E-state index in [1.54, 1.807) is 6.20 Å². The molecule has 1 aromatic rings. The molecule has 17 heavy (non-hydrogen) atoms. The lowest BCUT2D eigenvalue weighted by Gasteiger charge is -2.19. The van der Waals surface area contributed by atoms with E-state index in [1.165, 1.54) is 13.2 Å². The highest BCUT2D eigenvalue weighted by Crippen LogP contribution is 2.24. The Morgan fingerprint density at radius 2 is 2.24 bits per heavy atom. The van der Waals surface area contributed by atoms with Crippen molar-refractivity contribution in [1.82, 2.24) is 4.98 Å². The molecule has 5 heteroatoms. The monoisotopic (exact) mass is 231 g/mol. The fourth-order valence-electron chi connectivity index (χ4n) is 1.99. The van der Waals surface area contributed by atoms with E-state index in [4.69, 9.17) is 10.00 Å². The fraction of sp³-hybridized carbons (Fsp3) is 0.417. The van der Waals surface area contributed by atoms with Crippen molar-refractivity contribution >= 4 is 11.7 Å². The van der Waals surface area contributed by atoms with Gasteiger partial charge >= 0.3 is 5.97 Å². The fourth-order valence-corrected chi connectivity index (χ4v) is 1.99. The van der Waals surface area contributed by atoms with Crippen LogP contribution in [0.3, 0.4) is 0 Å². The van der Waals surface area contributed by atoms with Gasteiger partial charge in [-0.1, -0.05) is 0 Å². The van der Waals surface area contributed by atoms with Crippen LogP contribution in [0.25, 0.3) is 0 Å². The van der Waals surface area contributed by atoms with E-state index in [0.29, 0.717) is 5.56 Å². The number of carbonyl (C=O) groups excluding carboxylic acids is 1. The van der Waals surface area contributed by atoms with Crippen LogP contribution >= 0.6 is 0 Å². The molecule has 0 bridgehead atoms. The summed E-state index contributed by atoms with van der Waals surface area (Å²) in [6, 6.07) is 3.41. The molecular weight excluding hydrogens is 218 g/mol. The van der Waals surface area contributed by atoms with Gasteiger partial charge in [0.05, 0.1) is 24.6 Å². The van der Waals surface area contributed by atoms with Gasteiger partial charge in [-0.3, -0.25) is 0 Å². The van der Waals surface area contributed by atoms with Crippen LogP contribution < -0.4 is 4.90 Å². The van der Waals surface area contributed by atoms with Gasteiger partial charge in [0, 0.05) is 13.1 Å². The van der Waals surface area contributed by atoms with Crippen molar-refractivity contribution in [2.75, 3.05) is 25.1 Å². The maximum absolute atomic E-state index is 11.7. The Balaban J connectivity index is 2.43. The van der Waals surface area contributed by atoms with Gasteiger partial charge in [-0.15, -0.1) is 0 Å². The minimum absolute atomic E-state index is 0.230. The van der Waals surface area contributed by atoms with Crippen LogP contribution in [0.2, 0.25) is 0 Å². The van der Waals surface area contributed by atoms with E-state index < -0.39 is 5.97 Å². The van der Waals surface area contributed by atoms with Gasteiger partial charge in [0.1, 0.15) is 11.8 Å². The van der Waals surface area contributed by atoms with Crippen molar-refractivity contribution in [3.8, 4) is 6.07 Å². The smallest absolute Gasteiger partial charge is 0.340 e. The first kappa shape index (κ1) is 11.4. The van der Waals surface area contributed by atoms with E-state index >= 15 is 0 Å². The zero-order valence-corrected chi connectivity index (χ0v) is 9.64. The minimum atomic E-state index is -0.425. The molecule has 0 aromatic carbocycles. The van der Waals surface area contributed by atoms with E-state index in [2.05, 4.69) is 9.88 Å². The SMILES string of the molecule is COC(=O)c1cc(C#N)ncc1N1CCCC1.